The number of urea groups is 1. The Morgan fingerprint density at radius 2 is 2.09 bits per heavy atom. The van der Waals surface area contributed by atoms with Crippen LogP contribution in [0.3, 0.4) is 0 Å². The van der Waals surface area contributed by atoms with Crippen LogP contribution in [0.25, 0.3) is 0 Å². The molecule has 0 saturated heterocycles. The van der Waals surface area contributed by atoms with E-state index in [1.807, 2.05) is 32.2 Å². The van der Waals surface area contributed by atoms with Crippen molar-refractivity contribution in [1.82, 2.24) is 15.1 Å². The second-order valence-electron chi connectivity index (χ2n) is 8.01. The number of hydrogen-bond donors (Lipinski definition) is 1. The summed E-state index contributed by atoms with van der Waals surface area (Å²) in [5.74, 6) is -0.388. The molecular formula is C24H32FN3O3S. The van der Waals surface area contributed by atoms with Gasteiger partial charge in [0.25, 0.3) is 0 Å². The first kappa shape index (κ1) is 24.0. The van der Waals surface area contributed by atoms with Crippen LogP contribution in [0.5, 0.6) is 5.75 Å². The lowest BCUT2D eigenvalue weighted by Gasteiger charge is -2.38. The molecule has 2 aromatic rings. The molecule has 174 valence electrons. The number of ether oxygens (including phenoxy) is 1. The number of halogens is 1. The van der Waals surface area contributed by atoms with Gasteiger partial charge in [0.2, 0.25) is 5.91 Å². The number of nitrogens with one attached hydrogen (secondary N) is 1. The van der Waals surface area contributed by atoms with Gasteiger partial charge in [0.1, 0.15) is 13.2 Å². The molecule has 0 fully saturated rings. The fraction of sp³-hybridized carbons (Fsp3) is 0.500. The Hall–Kier alpha value is -2.61. The molecule has 6 nitrogen and oxygen atoms in total. The number of carbonyl (C=O) groups is 2. The largest absolute Gasteiger partial charge is 0.488 e. The van der Waals surface area contributed by atoms with E-state index in [1.54, 1.807) is 39.3 Å². The van der Waals surface area contributed by atoms with Crippen LogP contribution < -0.4 is 10.1 Å². The van der Waals surface area contributed by atoms with Gasteiger partial charge in [-0.2, -0.15) is 0 Å². The Morgan fingerprint density at radius 1 is 1.31 bits per heavy atom. The molecule has 1 aromatic heterocycles. The maximum absolute atomic E-state index is 14.1. The molecule has 1 aromatic carbocycles. The summed E-state index contributed by atoms with van der Waals surface area (Å²) >= 11 is 1.66. The highest BCUT2D eigenvalue weighted by Crippen LogP contribution is 2.34. The fourth-order valence-electron chi connectivity index (χ4n) is 3.82. The van der Waals surface area contributed by atoms with Crippen LogP contribution in [0.2, 0.25) is 0 Å². The van der Waals surface area contributed by atoms with Gasteiger partial charge < -0.3 is 19.9 Å². The molecule has 8 heteroatoms. The Labute approximate surface area is 193 Å². The Morgan fingerprint density at radius 3 is 2.81 bits per heavy atom. The van der Waals surface area contributed by atoms with Crippen molar-refractivity contribution < 1.29 is 18.7 Å². The van der Waals surface area contributed by atoms with Crippen molar-refractivity contribution in [1.29, 1.82) is 0 Å². The summed E-state index contributed by atoms with van der Waals surface area (Å²) in [6.45, 7) is 7.21. The van der Waals surface area contributed by atoms with E-state index < -0.39 is 5.82 Å². The Kier molecular flexibility index (Phi) is 8.50. The number of rotatable bonds is 9. The van der Waals surface area contributed by atoms with Crippen molar-refractivity contribution in [2.45, 2.75) is 52.1 Å². The number of fused-ring (bicyclic) bond motifs is 1. The molecule has 1 aliphatic heterocycles. The number of carbonyl (C=O) groups excluding carboxylic acids is 2. The minimum absolute atomic E-state index is 0.000221. The lowest BCUT2D eigenvalue weighted by Crippen LogP contribution is -2.52. The lowest BCUT2D eigenvalue weighted by molar-refractivity contribution is -0.136. The van der Waals surface area contributed by atoms with Crippen molar-refractivity contribution >= 4 is 23.3 Å². The Bertz CT molecular complexity index is 919. The number of amides is 3. The van der Waals surface area contributed by atoms with Gasteiger partial charge in [0.15, 0.2) is 11.6 Å². The van der Waals surface area contributed by atoms with Crippen molar-refractivity contribution in [3.8, 4) is 5.75 Å². The minimum atomic E-state index is -0.428. The average molecular weight is 462 g/mol. The summed E-state index contributed by atoms with van der Waals surface area (Å²) in [5.41, 5.74) is 1.04. The van der Waals surface area contributed by atoms with Crippen LogP contribution in [-0.2, 0) is 11.2 Å². The minimum Gasteiger partial charge on any atom is -0.488 e. The first-order chi connectivity index (χ1) is 15.5. The molecule has 3 amide bonds. The van der Waals surface area contributed by atoms with Gasteiger partial charge in [-0.1, -0.05) is 26.0 Å². The quantitative estimate of drug-likeness (QED) is 0.593. The van der Waals surface area contributed by atoms with Gasteiger partial charge in [0, 0.05) is 24.0 Å². The van der Waals surface area contributed by atoms with E-state index in [1.165, 1.54) is 10.9 Å². The highest BCUT2D eigenvalue weighted by atomic mass is 32.1. The maximum Gasteiger partial charge on any atom is 0.318 e. The molecule has 2 atom stereocenters. The second kappa shape index (κ2) is 11.3. The number of thiophene rings is 1. The summed E-state index contributed by atoms with van der Waals surface area (Å²) in [7, 11) is 0. The summed E-state index contributed by atoms with van der Waals surface area (Å²) in [5, 5.41) is 4.90. The lowest BCUT2D eigenvalue weighted by atomic mass is 10.00. The maximum atomic E-state index is 14.1. The van der Waals surface area contributed by atoms with E-state index in [9.17, 15) is 14.0 Å². The number of hydrogen-bond acceptors (Lipinski definition) is 4. The molecular weight excluding hydrogens is 429 g/mol. The van der Waals surface area contributed by atoms with E-state index >= 15 is 0 Å². The zero-order valence-corrected chi connectivity index (χ0v) is 19.8. The van der Waals surface area contributed by atoms with E-state index in [0.29, 0.717) is 13.1 Å². The number of nitrogens with zero attached hydrogens (tertiary/aromatic N) is 2. The van der Waals surface area contributed by atoms with Crippen LogP contribution in [0, 0.1) is 5.82 Å². The van der Waals surface area contributed by atoms with E-state index in [0.717, 1.165) is 24.8 Å². The van der Waals surface area contributed by atoms with E-state index in [2.05, 4.69) is 5.32 Å². The average Bonchev–Trinajstić information content (AvgIpc) is 3.28. The smallest absolute Gasteiger partial charge is 0.318 e. The SMILES string of the molecule is CCCNC(=O)N(CC(=O)N1CCc2sccc2[C@@H]1COc1ccccc1F)[C@@H](C)CC. The van der Waals surface area contributed by atoms with Crippen LogP contribution >= 0.6 is 11.3 Å². The molecule has 1 N–H and O–H groups in total. The predicted molar refractivity (Wildman–Crippen MR) is 125 cm³/mol. The summed E-state index contributed by atoms with van der Waals surface area (Å²) < 4.78 is 19.9. The third-order valence-corrected chi connectivity index (χ3v) is 6.86. The van der Waals surface area contributed by atoms with Crippen molar-refractivity contribution in [3.05, 3.63) is 52.0 Å². The van der Waals surface area contributed by atoms with Crippen molar-refractivity contribution in [3.63, 3.8) is 0 Å². The van der Waals surface area contributed by atoms with Gasteiger partial charge >= 0.3 is 6.03 Å². The fourth-order valence-corrected chi connectivity index (χ4v) is 4.75. The number of para-hydroxylation sites is 1. The molecule has 0 aliphatic carbocycles. The molecule has 1 aliphatic rings. The van der Waals surface area contributed by atoms with Crippen LogP contribution in [0.1, 0.15) is 50.1 Å². The zero-order valence-electron chi connectivity index (χ0n) is 19.0. The van der Waals surface area contributed by atoms with Crippen LogP contribution in [-0.4, -0.2) is 54.0 Å². The zero-order chi connectivity index (χ0) is 23.1. The van der Waals surface area contributed by atoms with Gasteiger partial charge in [-0.15, -0.1) is 11.3 Å². The van der Waals surface area contributed by atoms with Crippen molar-refractivity contribution in [2.75, 3.05) is 26.2 Å². The molecule has 0 radical (unpaired) electrons. The van der Waals surface area contributed by atoms with Crippen molar-refractivity contribution in [2.24, 2.45) is 0 Å². The predicted octanol–water partition coefficient (Wildman–Crippen LogP) is 4.61. The summed E-state index contributed by atoms with van der Waals surface area (Å²) in [4.78, 5) is 30.7. The topological polar surface area (TPSA) is 61.9 Å². The molecule has 2 heterocycles. The normalized spacial score (nSPS) is 16.2. The van der Waals surface area contributed by atoms with Crippen LogP contribution in [0.15, 0.2) is 35.7 Å². The van der Waals surface area contributed by atoms with Gasteiger partial charge in [-0.3, -0.25) is 4.79 Å². The Balaban J connectivity index is 1.77. The second-order valence-corrected chi connectivity index (χ2v) is 9.01. The number of benzene rings is 1. The van der Waals surface area contributed by atoms with E-state index in [4.69, 9.17) is 4.74 Å². The summed E-state index contributed by atoms with van der Waals surface area (Å²) in [6, 6.07) is 7.67. The molecule has 3 rings (SSSR count). The van der Waals surface area contributed by atoms with Crippen LogP contribution in [0.4, 0.5) is 9.18 Å². The molecule has 0 saturated carbocycles. The molecule has 0 bridgehead atoms. The highest BCUT2D eigenvalue weighted by Gasteiger charge is 2.34. The standard InChI is InChI=1S/C24H32FN3O3S/c1-4-12-26-24(30)28(17(3)5-2)15-23(29)27-13-10-22-18(11-14-32-22)20(27)16-31-21-9-7-6-8-19(21)25/h6-9,11,14,17,20H,4-5,10,12-13,15-16H2,1-3H3,(H,26,30)/t17-,20-/m0/s1. The van der Waals surface area contributed by atoms with Gasteiger partial charge in [0.05, 0.1) is 6.04 Å². The molecule has 0 spiro atoms. The highest BCUT2D eigenvalue weighted by molar-refractivity contribution is 7.10. The first-order valence-electron chi connectivity index (χ1n) is 11.2. The van der Waals surface area contributed by atoms with Gasteiger partial charge in [-0.05, 0) is 55.3 Å². The molecule has 0 unspecified atom stereocenters. The van der Waals surface area contributed by atoms with E-state index in [-0.39, 0.29) is 42.9 Å². The summed E-state index contributed by atoms with van der Waals surface area (Å²) in [6.07, 6.45) is 2.35. The molecule has 32 heavy (non-hydrogen) atoms. The third-order valence-electron chi connectivity index (χ3n) is 5.86. The first-order valence-corrected chi connectivity index (χ1v) is 12.1. The third kappa shape index (κ3) is 5.59. The monoisotopic (exact) mass is 461 g/mol. The van der Waals surface area contributed by atoms with Gasteiger partial charge in [-0.25, -0.2) is 9.18 Å².